The number of nitrogens with zero attached hydrogens (tertiary/aromatic N) is 2. The molecule has 0 saturated heterocycles. The third kappa shape index (κ3) is 18.0. The van der Waals surface area contributed by atoms with Gasteiger partial charge in [0.15, 0.2) is 0 Å². The zero-order valence-corrected chi connectivity index (χ0v) is 32.6. The summed E-state index contributed by atoms with van der Waals surface area (Å²) < 4.78 is 50.0. The van der Waals surface area contributed by atoms with Gasteiger partial charge in [-0.3, -0.25) is 19.2 Å². The van der Waals surface area contributed by atoms with Gasteiger partial charge < -0.3 is 47.4 Å². The second-order valence-corrected chi connectivity index (χ2v) is 13.2. The van der Waals surface area contributed by atoms with Gasteiger partial charge in [-0.15, -0.1) is 0 Å². The maximum atomic E-state index is 12.5. The maximum absolute atomic E-state index is 12.5. The molecule has 1 aliphatic heterocycles. The summed E-state index contributed by atoms with van der Waals surface area (Å²) in [5.74, 6) is -4.62. The molecule has 0 bridgehead atoms. The van der Waals surface area contributed by atoms with Crippen LogP contribution in [0.15, 0.2) is 57.2 Å². The lowest BCUT2D eigenvalue weighted by Gasteiger charge is -2.13. The molecule has 1 aromatic carbocycles. The second-order valence-electron chi connectivity index (χ2n) is 10.9. The second kappa shape index (κ2) is 25.6. The van der Waals surface area contributed by atoms with Crippen LogP contribution in [0.4, 0.5) is 9.59 Å². The van der Waals surface area contributed by atoms with E-state index in [9.17, 15) is 43.6 Å². The molecule has 0 radical (unpaired) electrons. The molecule has 2 unspecified atom stereocenters. The summed E-state index contributed by atoms with van der Waals surface area (Å²) in [6, 6.07) is 4.24. The molecule has 0 fully saturated rings. The monoisotopic (exact) mass is 848 g/mol. The van der Waals surface area contributed by atoms with E-state index in [1.54, 1.807) is 6.07 Å². The van der Waals surface area contributed by atoms with Gasteiger partial charge in [0.25, 0.3) is 5.70 Å². The van der Waals surface area contributed by atoms with Gasteiger partial charge in [0.2, 0.25) is 0 Å². The lowest BCUT2D eigenvalue weighted by Crippen LogP contribution is -2.22. The number of allylic oxidation sites excluding steroid dienone is 1. The number of ether oxygens (including phenoxy) is 10. The molecule has 0 amide bonds. The fraction of sp³-hybridized carbons (Fsp3) is 0.389. The van der Waals surface area contributed by atoms with E-state index in [1.165, 1.54) is 26.0 Å². The van der Waals surface area contributed by atoms with Crippen molar-refractivity contribution in [3.05, 3.63) is 58.8 Å². The molecule has 310 valence electrons. The fourth-order valence-electron chi connectivity index (χ4n) is 3.80. The number of esters is 6. The summed E-state index contributed by atoms with van der Waals surface area (Å²) in [7, 11) is 0. The summed E-state index contributed by atoms with van der Waals surface area (Å²) in [6.45, 7) is 14.7. The standard InChI is InChI=1S/C36H36N2O18S2/c1-6-26(39)51-19-21(3)53-30(43)12-10-28(41)47-14-16-49-35(45)55-24-8-9-25(33-32(24)57-34(58-33)23(18-37)38-5)56-36(46)50-17-15-48-29(42)11-13-31(44)54-22(4)20-52-27(40)7-2/h6-9,21-22H,1-2,10-17,19-20H2,3-4H3. The summed E-state index contributed by atoms with van der Waals surface area (Å²) in [6.07, 6.45) is -3.39. The van der Waals surface area contributed by atoms with Gasteiger partial charge in [0.05, 0.1) is 52.4 Å². The van der Waals surface area contributed by atoms with Gasteiger partial charge in [0.1, 0.15) is 63.3 Å². The lowest BCUT2D eigenvalue weighted by molar-refractivity contribution is -0.158. The molecule has 0 aromatic heterocycles. The average Bonchev–Trinajstić information content (AvgIpc) is 3.65. The molecule has 1 aliphatic rings. The van der Waals surface area contributed by atoms with Gasteiger partial charge in [-0.25, -0.2) is 29.3 Å². The van der Waals surface area contributed by atoms with E-state index < -0.39 is 73.5 Å². The highest BCUT2D eigenvalue weighted by Gasteiger charge is 2.30. The number of hydrogen-bond acceptors (Lipinski definition) is 21. The zero-order chi connectivity index (χ0) is 43.0. The van der Waals surface area contributed by atoms with Crippen LogP contribution in [0.2, 0.25) is 0 Å². The number of hydrogen-bond donors (Lipinski definition) is 0. The summed E-state index contributed by atoms with van der Waals surface area (Å²) in [5.41, 5.74) is -0.287. The van der Waals surface area contributed by atoms with Gasteiger partial charge in [-0.2, -0.15) is 0 Å². The van der Waals surface area contributed by atoms with Crippen LogP contribution in [0.1, 0.15) is 39.5 Å². The van der Waals surface area contributed by atoms with Crippen molar-refractivity contribution < 1.29 is 85.7 Å². The molecule has 0 spiro atoms. The van der Waals surface area contributed by atoms with Crippen LogP contribution in [0.5, 0.6) is 11.5 Å². The first-order valence-corrected chi connectivity index (χ1v) is 18.3. The fourth-order valence-corrected chi connectivity index (χ4v) is 6.27. The van der Waals surface area contributed by atoms with Crippen molar-refractivity contribution in [3.63, 3.8) is 0 Å². The summed E-state index contributed by atoms with van der Waals surface area (Å²) in [5, 5.41) is 9.38. The van der Waals surface area contributed by atoms with Gasteiger partial charge >= 0.3 is 48.1 Å². The molecular weight excluding hydrogens is 813 g/mol. The highest BCUT2D eigenvalue weighted by atomic mass is 32.2. The van der Waals surface area contributed by atoms with Crippen LogP contribution in [0, 0.1) is 17.9 Å². The van der Waals surface area contributed by atoms with Crippen LogP contribution in [0.3, 0.4) is 0 Å². The predicted molar refractivity (Wildman–Crippen MR) is 195 cm³/mol. The normalized spacial score (nSPS) is 12.0. The number of fused-ring (bicyclic) bond motifs is 1. The first-order valence-electron chi connectivity index (χ1n) is 16.7. The molecule has 1 aromatic rings. The van der Waals surface area contributed by atoms with E-state index in [4.69, 9.17) is 53.9 Å². The SMILES string of the molecule is [C-]#[N+]C(C#N)=C1Sc2c(OC(=O)OCCOC(=O)CCC(=O)OC(C)COC(=O)C=C)ccc(OC(=O)OCCOC(=O)CCC(=O)OC(C)COC(=O)C=C)c2S1. The average molecular weight is 849 g/mol. The number of carbonyl (C=O) groups excluding carboxylic acids is 8. The van der Waals surface area contributed by atoms with Crippen molar-refractivity contribution in [2.45, 2.75) is 61.5 Å². The number of rotatable bonds is 22. The Balaban J connectivity index is 1.83. The first-order chi connectivity index (χ1) is 27.7. The quantitative estimate of drug-likeness (QED) is 0.0296. The predicted octanol–water partition coefficient (Wildman–Crippen LogP) is 4.50. The molecule has 22 heteroatoms. The molecule has 2 rings (SSSR count). The third-order valence-corrected chi connectivity index (χ3v) is 8.95. The van der Waals surface area contributed by atoms with Crippen molar-refractivity contribution in [2.75, 3.05) is 39.6 Å². The molecule has 20 nitrogen and oxygen atoms in total. The van der Waals surface area contributed by atoms with Crippen LogP contribution >= 0.6 is 23.5 Å². The van der Waals surface area contributed by atoms with Crippen molar-refractivity contribution >= 4 is 71.7 Å². The topological polar surface area (TPSA) is 257 Å². The Morgan fingerprint density at radius 1 is 0.672 bits per heavy atom. The number of thioether (sulfide) groups is 2. The largest absolute Gasteiger partial charge is 0.514 e. The number of nitriles is 1. The van der Waals surface area contributed by atoms with Crippen molar-refractivity contribution in [3.8, 4) is 17.6 Å². The number of carbonyl (C=O) groups is 8. The van der Waals surface area contributed by atoms with E-state index in [0.717, 1.165) is 35.7 Å². The van der Waals surface area contributed by atoms with Crippen LogP contribution in [0.25, 0.3) is 4.85 Å². The van der Waals surface area contributed by atoms with Crippen molar-refractivity contribution in [1.29, 1.82) is 5.26 Å². The highest BCUT2D eigenvalue weighted by Crippen LogP contribution is 2.59. The lowest BCUT2D eigenvalue weighted by atomic mass is 10.3. The van der Waals surface area contributed by atoms with E-state index in [1.807, 2.05) is 0 Å². The number of benzene rings is 1. The van der Waals surface area contributed by atoms with Gasteiger partial charge in [-0.05, 0) is 26.0 Å². The van der Waals surface area contributed by atoms with E-state index >= 15 is 0 Å². The van der Waals surface area contributed by atoms with Gasteiger partial charge in [0, 0.05) is 12.2 Å². The Morgan fingerprint density at radius 2 is 1.05 bits per heavy atom. The van der Waals surface area contributed by atoms with Crippen LogP contribution in [-0.4, -0.2) is 100.0 Å². The van der Waals surface area contributed by atoms with E-state index in [0.29, 0.717) is 0 Å². The Bertz CT molecular complexity index is 1740. The van der Waals surface area contributed by atoms with Gasteiger partial charge in [-0.1, -0.05) is 36.7 Å². The Kier molecular flexibility index (Phi) is 21.0. The summed E-state index contributed by atoms with van der Waals surface area (Å²) >= 11 is 1.77. The zero-order valence-electron chi connectivity index (χ0n) is 31.0. The minimum atomic E-state index is -1.22. The third-order valence-electron chi connectivity index (χ3n) is 6.35. The molecular formula is C36H36N2O18S2. The van der Waals surface area contributed by atoms with E-state index in [2.05, 4.69) is 18.0 Å². The summed E-state index contributed by atoms with van der Waals surface area (Å²) in [4.78, 5) is 98.3. The Labute approximate surface area is 339 Å². The minimum absolute atomic E-state index is 0.0964. The van der Waals surface area contributed by atoms with E-state index in [-0.39, 0.29) is 83.3 Å². The van der Waals surface area contributed by atoms with Crippen molar-refractivity contribution in [2.24, 2.45) is 0 Å². The molecule has 1 heterocycles. The Hall–Kier alpha value is -6.52. The Morgan fingerprint density at radius 3 is 1.41 bits per heavy atom. The van der Waals surface area contributed by atoms with Crippen LogP contribution in [-0.2, 0) is 66.7 Å². The molecule has 58 heavy (non-hydrogen) atoms. The molecule has 0 aliphatic carbocycles. The minimum Gasteiger partial charge on any atom is -0.462 e. The molecule has 2 atom stereocenters. The first kappa shape index (κ1) is 47.6. The molecule has 0 saturated carbocycles. The highest BCUT2D eigenvalue weighted by molar-refractivity contribution is 8.24. The smallest absolute Gasteiger partial charge is 0.462 e. The maximum Gasteiger partial charge on any atom is 0.514 e. The van der Waals surface area contributed by atoms with Crippen molar-refractivity contribution in [1.82, 2.24) is 0 Å². The molecule has 0 N–H and O–H groups in total. The van der Waals surface area contributed by atoms with Crippen LogP contribution < -0.4 is 9.47 Å².